The first-order chi connectivity index (χ1) is 9.50. The molecule has 1 aromatic heterocycles. The lowest BCUT2D eigenvalue weighted by Crippen LogP contribution is -2.45. The molecule has 1 saturated heterocycles. The van der Waals surface area contributed by atoms with Gasteiger partial charge in [0.15, 0.2) is 9.84 Å². The van der Waals surface area contributed by atoms with Gasteiger partial charge in [-0.15, -0.1) is 0 Å². The van der Waals surface area contributed by atoms with Crippen LogP contribution in [0.15, 0.2) is 28.7 Å². The molecule has 3 rings (SSSR count). The van der Waals surface area contributed by atoms with Crippen LogP contribution >= 0.6 is 0 Å². The maximum atomic E-state index is 12.0. The number of nitrogens with one attached hydrogen (secondary N) is 1. The third-order valence-electron chi connectivity index (χ3n) is 3.81. The topological polar surface area (TPSA) is 59.3 Å². The second-order valence-corrected chi connectivity index (χ2v) is 7.65. The third kappa shape index (κ3) is 2.36. The lowest BCUT2D eigenvalue weighted by Gasteiger charge is -2.28. The molecule has 108 valence electrons. The normalized spacial score (nSPS) is 25.9. The van der Waals surface area contributed by atoms with Gasteiger partial charge in [0.05, 0.1) is 17.5 Å². The molecule has 1 aromatic carbocycles. The minimum Gasteiger partial charge on any atom is -0.459 e. The molecule has 0 saturated carbocycles. The lowest BCUT2D eigenvalue weighted by molar-refractivity contribution is 0.403. The quantitative estimate of drug-likeness (QED) is 0.924. The minimum absolute atomic E-state index is 0.0448. The second kappa shape index (κ2) is 4.90. The van der Waals surface area contributed by atoms with Gasteiger partial charge in [-0.3, -0.25) is 0 Å². The maximum absolute atomic E-state index is 12.0. The van der Waals surface area contributed by atoms with Crippen LogP contribution in [-0.2, 0) is 16.3 Å². The molecular weight excluding hydrogens is 274 g/mol. The van der Waals surface area contributed by atoms with Gasteiger partial charge in [0.1, 0.15) is 11.3 Å². The molecule has 2 heterocycles. The highest BCUT2D eigenvalue weighted by Crippen LogP contribution is 2.32. The van der Waals surface area contributed by atoms with Crippen LogP contribution in [0.3, 0.4) is 0 Å². The first kappa shape index (κ1) is 13.6. The first-order valence-electron chi connectivity index (χ1n) is 6.97. The van der Waals surface area contributed by atoms with Gasteiger partial charge in [0.2, 0.25) is 0 Å². The molecule has 2 aromatic rings. The van der Waals surface area contributed by atoms with E-state index in [0.29, 0.717) is 0 Å². The average Bonchev–Trinajstić information content (AvgIpc) is 2.74. The molecule has 0 aliphatic carbocycles. The van der Waals surface area contributed by atoms with Gasteiger partial charge in [0.25, 0.3) is 0 Å². The molecule has 0 spiro atoms. The van der Waals surface area contributed by atoms with Gasteiger partial charge < -0.3 is 9.73 Å². The van der Waals surface area contributed by atoms with Crippen molar-refractivity contribution >= 4 is 20.8 Å². The monoisotopic (exact) mass is 293 g/mol. The zero-order valence-corrected chi connectivity index (χ0v) is 12.5. The Balaban J connectivity index is 2.09. The number of rotatable bonds is 2. The van der Waals surface area contributed by atoms with E-state index in [4.69, 9.17) is 4.42 Å². The summed E-state index contributed by atoms with van der Waals surface area (Å²) in [7, 11) is -3.01. The Bertz CT molecular complexity index is 733. The molecule has 2 unspecified atom stereocenters. The summed E-state index contributed by atoms with van der Waals surface area (Å²) in [5.74, 6) is 1.10. The van der Waals surface area contributed by atoms with Crippen LogP contribution in [0.5, 0.6) is 0 Å². The van der Waals surface area contributed by atoms with Gasteiger partial charge >= 0.3 is 0 Å². The van der Waals surface area contributed by atoms with Gasteiger partial charge in [-0.2, -0.15) is 0 Å². The maximum Gasteiger partial charge on any atom is 0.153 e. The number of fused-ring (bicyclic) bond motifs is 1. The lowest BCUT2D eigenvalue weighted by atomic mass is 10.0. The Labute approximate surface area is 119 Å². The van der Waals surface area contributed by atoms with Gasteiger partial charge in [-0.05, 0) is 19.4 Å². The van der Waals surface area contributed by atoms with Crippen LogP contribution in [0.4, 0.5) is 0 Å². The Hall–Kier alpha value is -1.33. The van der Waals surface area contributed by atoms with Gasteiger partial charge in [0, 0.05) is 17.0 Å². The summed E-state index contributed by atoms with van der Waals surface area (Å²) in [6.07, 6.45) is 0.832. The fourth-order valence-electron chi connectivity index (χ4n) is 3.06. The Morgan fingerprint density at radius 3 is 2.75 bits per heavy atom. The number of benzene rings is 1. The third-order valence-corrected chi connectivity index (χ3v) is 5.66. The predicted molar refractivity (Wildman–Crippen MR) is 79.6 cm³/mol. The zero-order valence-electron chi connectivity index (χ0n) is 11.7. The fourth-order valence-corrected chi connectivity index (χ4v) is 4.81. The van der Waals surface area contributed by atoms with Crippen LogP contribution < -0.4 is 5.32 Å². The number of aryl methyl sites for hydroxylation is 1. The van der Waals surface area contributed by atoms with E-state index in [-0.39, 0.29) is 23.6 Å². The summed E-state index contributed by atoms with van der Waals surface area (Å²) in [4.78, 5) is 0. The van der Waals surface area contributed by atoms with Crippen molar-refractivity contribution in [3.63, 3.8) is 0 Å². The number of hydrogen-bond donors (Lipinski definition) is 1. The van der Waals surface area contributed by atoms with Crippen LogP contribution in [0, 0.1) is 0 Å². The van der Waals surface area contributed by atoms with E-state index >= 15 is 0 Å². The van der Waals surface area contributed by atoms with E-state index in [1.165, 1.54) is 0 Å². The predicted octanol–water partition coefficient (Wildman–Crippen LogP) is 2.44. The highest BCUT2D eigenvalue weighted by atomic mass is 32.2. The Morgan fingerprint density at radius 1 is 1.30 bits per heavy atom. The fraction of sp³-hybridized carbons (Fsp3) is 0.467. The molecular formula is C15H19NO3S. The summed E-state index contributed by atoms with van der Waals surface area (Å²) >= 11 is 0. The average molecular weight is 293 g/mol. The van der Waals surface area contributed by atoms with E-state index in [2.05, 4.69) is 12.2 Å². The van der Waals surface area contributed by atoms with Crippen LogP contribution in [0.2, 0.25) is 0 Å². The van der Waals surface area contributed by atoms with Crippen molar-refractivity contribution in [2.75, 3.05) is 11.5 Å². The molecule has 1 aliphatic heterocycles. The highest BCUT2D eigenvalue weighted by molar-refractivity contribution is 7.91. The molecule has 20 heavy (non-hydrogen) atoms. The molecule has 1 aliphatic rings. The van der Waals surface area contributed by atoms with Crippen molar-refractivity contribution in [3.05, 3.63) is 35.6 Å². The highest BCUT2D eigenvalue weighted by Gasteiger charge is 2.33. The van der Waals surface area contributed by atoms with E-state index < -0.39 is 9.84 Å². The smallest absolute Gasteiger partial charge is 0.153 e. The first-order valence-corrected chi connectivity index (χ1v) is 8.79. The SMILES string of the molecule is CCc1c(C2CS(=O)(=O)CC(C)N2)oc2ccccc12. The van der Waals surface area contributed by atoms with Crippen molar-refractivity contribution in [2.24, 2.45) is 0 Å². The minimum atomic E-state index is -3.01. The largest absolute Gasteiger partial charge is 0.459 e. The molecule has 5 heteroatoms. The number of hydrogen-bond acceptors (Lipinski definition) is 4. The summed E-state index contributed by atoms with van der Waals surface area (Å²) in [5, 5.41) is 4.44. The van der Waals surface area contributed by atoms with Crippen molar-refractivity contribution in [1.82, 2.24) is 5.32 Å². The van der Waals surface area contributed by atoms with E-state index in [1.807, 2.05) is 31.2 Å². The van der Waals surface area contributed by atoms with E-state index in [9.17, 15) is 8.42 Å². The molecule has 0 bridgehead atoms. The molecule has 4 nitrogen and oxygen atoms in total. The molecule has 1 fully saturated rings. The number of sulfone groups is 1. The summed E-state index contributed by atoms with van der Waals surface area (Å²) < 4.78 is 29.9. The molecule has 0 amide bonds. The molecule has 2 atom stereocenters. The molecule has 1 N–H and O–H groups in total. The molecule has 0 radical (unpaired) electrons. The summed E-state index contributed by atoms with van der Waals surface area (Å²) in [5.41, 5.74) is 1.94. The Kier molecular flexibility index (Phi) is 3.34. The van der Waals surface area contributed by atoms with E-state index in [0.717, 1.165) is 28.7 Å². The van der Waals surface area contributed by atoms with Crippen LogP contribution in [-0.4, -0.2) is 26.0 Å². The Morgan fingerprint density at radius 2 is 2.05 bits per heavy atom. The van der Waals surface area contributed by atoms with Crippen molar-refractivity contribution in [3.8, 4) is 0 Å². The standard InChI is InChI=1S/C15H19NO3S/c1-3-11-12-6-4-5-7-14(12)19-15(11)13-9-20(17,18)8-10(2)16-13/h4-7,10,13,16H,3,8-9H2,1-2H3. The van der Waals surface area contributed by atoms with Crippen molar-refractivity contribution < 1.29 is 12.8 Å². The van der Waals surface area contributed by atoms with Crippen LogP contribution in [0.25, 0.3) is 11.0 Å². The number of furan rings is 1. The van der Waals surface area contributed by atoms with Gasteiger partial charge in [-0.25, -0.2) is 8.42 Å². The van der Waals surface area contributed by atoms with Gasteiger partial charge in [-0.1, -0.05) is 25.1 Å². The van der Waals surface area contributed by atoms with Crippen molar-refractivity contribution in [2.45, 2.75) is 32.4 Å². The van der Waals surface area contributed by atoms with Crippen LogP contribution in [0.1, 0.15) is 31.2 Å². The van der Waals surface area contributed by atoms with E-state index in [1.54, 1.807) is 0 Å². The number of para-hydroxylation sites is 1. The second-order valence-electron chi connectivity index (χ2n) is 5.49. The summed E-state index contributed by atoms with van der Waals surface area (Å²) in [6, 6.07) is 7.58. The summed E-state index contributed by atoms with van der Waals surface area (Å²) in [6.45, 7) is 3.97. The zero-order chi connectivity index (χ0) is 14.3. The van der Waals surface area contributed by atoms with Crippen molar-refractivity contribution in [1.29, 1.82) is 0 Å².